The van der Waals surface area contributed by atoms with E-state index in [0.717, 1.165) is 4.88 Å². The van der Waals surface area contributed by atoms with E-state index in [-0.39, 0.29) is 5.82 Å². The fourth-order valence-electron chi connectivity index (χ4n) is 2.98. The Bertz CT molecular complexity index is 1030. The lowest BCUT2D eigenvalue weighted by atomic mass is 10.0. The van der Waals surface area contributed by atoms with Gasteiger partial charge in [0.05, 0.1) is 5.57 Å². The Morgan fingerprint density at radius 2 is 2.19 bits per heavy atom. The molecule has 0 saturated heterocycles. The summed E-state index contributed by atoms with van der Waals surface area (Å²) in [6.45, 7) is 1.80. The second-order valence-electron chi connectivity index (χ2n) is 5.99. The lowest BCUT2D eigenvalue weighted by Crippen LogP contribution is -2.31. The molecule has 0 radical (unpaired) electrons. The standard InChI is InChI=1S/C18H16FN5OS2/c1-10-14(16(20)25)15(13-7-4-8-26-13)24-17(21-10)22-18(23-24)27-9-11-5-2-3-6-12(11)19/h2-8,15H,9H2,1H3,(H2,20,25)(H,21,22,23)/t15-/m0/s1. The first-order chi connectivity index (χ1) is 13.0. The molecule has 6 nitrogen and oxygen atoms in total. The van der Waals surface area contributed by atoms with Crippen molar-refractivity contribution in [3.8, 4) is 0 Å². The predicted octanol–water partition coefficient (Wildman–Crippen LogP) is 3.55. The number of hydrogen-bond acceptors (Lipinski definition) is 6. The Labute approximate surface area is 163 Å². The number of nitrogens with two attached hydrogens (primary N) is 1. The highest BCUT2D eigenvalue weighted by atomic mass is 32.2. The molecule has 1 amide bonds. The Kier molecular flexibility index (Phi) is 4.71. The molecule has 1 aliphatic rings. The number of allylic oxidation sites excluding steroid dienone is 1. The van der Waals surface area contributed by atoms with Crippen molar-refractivity contribution in [3.05, 3.63) is 69.3 Å². The summed E-state index contributed by atoms with van der Waals surface area (Å²) in [6, 6.07) is 10.1. The molecule has 1 atom stereocenters. The summed E-state index contributed by atoms with van der Waals surface area (Å²) in [7, 11) is 0. The highest BCUT2D eigenvalue weighted by Crippen LogP contribution is 2.37. The SMILES string of the molecule is CC1=C(C(N)=O)[C@H](c2cccs2)n2nc(SCc3ccccc3F)nc2N1. The van der Waals surface area contributed by atoms with E-state index in [9.17, 15) is 9.18 Å². The number of nitrogens with one attached hydrogen (secondary N) is 1. The summed E-state index contributed by atoms with van der Waals surface area (Å²) in [4.78, 5) is 17.5. The summed E-state index contributed by atoms with van der Waals surface area (Å²) in [6.07, 6.45) is 0. The van der Waals surface area contributed by atoms with Crippen molar-refractivity contribution in [1.29, 1.82) is 0 Å². The molecule has 0 fully saturated rings. The van der Waals surface area contributed by atoms with Gasteiger partial charge in [-0.15, -0.1) is 16.4 Å². The summed E-state index contributed by atoms with van der Waals surface area (Å²) in [5, 5.41) is 10.1. The molecule has 3 N–H and O–H groups in total. The van der Waals surface area contributed by atoms with Crippen LogP contribution in [0.4, 0.5) is 10.3 Å². The zero-order chi connectivity index (χ0) is 19.0. The largest absolute Gasteiger partial charge is 0.366 e. The number of benzene rings is 1. The van der Waals surface area contributed by atoms with Crippen LogP contribution in [0.25, 0.3) is 0 Å². The molecule has 0 unspecified atom stereocenters. The van der Waals surface area contributed by atoms with Gasteiger partial charge < -0.3 is 11.1 Å². The Morgan fingerprint density at radius 3 is 2.89 bits per heavy atom. The smallest absolute Gasteiger partial charge is 0.248 e. The van der Waals surface area contributed by atoms with Gasteiger partial charge in [-0.05, 0) is 30.0 Å². The zero-order valence-corrected chi connectivity index (χ0v) is 16.0. The maximum absolute atomic E-state index is 13.8. The van der Waals surface area contributed by atoms with Gasteiger partial charge in [-0.25, -0.2) is 9.07 Å². The number of carbonyl (C=O) groups is 1. The average Bonchev–Trinajstić information content (AvgIpc) is 3.29. The Morgan fingerprint density at radius 1 is 1.37 bits per heavy atom. The number of carbonyl (C=O) groups excluding carboxylic acids is 1. The van der Waals surface area contributed by atoms with Crippen LogP contribution in [0.2, 0.25) is 0 Å². The fourth-order valence-corrected chi connectivity index (χ4v) is 4.61. The van der Waals surface area contributed by atoms with Crippen LogP contribution in [0.5, 0.6) is 0 Å². The lowest BCUT2D eigenvalue weighted by molar-refractivity contribution is -0.115. The molecule has 1 aliphatic heterocycles. The van der Waals surface area contributed by atoms with Crippen molar-refractivity contribution in [1.82, 2.24) is 14.8 Å². The number of hydrogen-bond donors (Lipinski definition) is 2. The average molecular weight is 401 g/mol. The third-order valence-corrected chi connectivity index (χ3v) is 6.04. The van der Waals surface area contributed by atoms with Crippen LogP contribution in [-0.4, -0.2) is 20.7 Å². The van der Waals surface area contributed by atoms with Crippen molar-refractivity contribution < 1.29 is 9.18 Å². The molecule has 0 aliphatic carbocycles. The number of thiophene rings is 1. The minimum atomic E-state index is -0.500. The van der Waals surface area contributed by atoms with E-state index in [1.807, 2.05) is 17.5 Å². The van der Waals surface area contributed by atoms with Crippen LogP contribution >= 0.6 is 23.1 Å². The van der Waals surface area contributed by atoms with Gasteiger partial charge >= 0.3 is 0 Å². The molecule has 0 bridgehead atoms. The topological polar surface area (TPSA) is 85.8 Å². The van der Waals surface area contributed by atoms with Gasteiger partial charge in [0.25, 0.3) is 0 Å². The van der Waals surface area contributed by atoms with E-state index >= 15 is 0 Å². The second kappa shape index (κ2) is 7.16. The third-order valence-electron chi connectivity index (χ3n) is 4.23. The van der Waals surface area contributed by atoms with Crippen LogP contribution in [0, 0.1) is 5.82 Å². The predicted molar refractivity (Wildman–Crippen MR) is 104 cm³/mol. The van der Waals surface area contributed by atoms with Gasteiger partial charge in [0.15, 0.2) is 0 Å². The normalized spacial score (nSPS) is 16.1. The van der Waals surface area contributed by atoms with E-state index in [4.69, 9.17) is 5.73 Å². The van der Waals surface area contributed by atoms with Gasteiger partial charge in [-0.1, -0.05) is 36.0 Å². The lowest BCUT2D eigenvalue weighted by Gasteiger charge is -2.26. The van der Waals surface area contributed by atoms with Gasteiger partial charge in [0, 0.05) is 16.3 Å². The number of halogens is 1. The molecule has 3 aromatic rings. The molecule has 2 aromatic heterocycles. The van der Waals surface area contributed by atoms with E-state index in [1.54, 1.807) is 29.8 Å². The number of amides is 1. The summed E-state index contributed by atoms with van der Waals surface area (Å²) < 4.78 is 15.5. The van der Waals surface area contributed by atoms with Gasteiger partial charge in [-0.2, -0.15) is 4.98 Å². The highest BCUT2D eigenvalue weighted by Gasteiger charge is 2.33. The second-order valence-corrected chi connectivity index (χ2v) is 7.91. The van der Waals surface area contributed by atoms with Crippen molar-refractivity contribution in [2.45, 2.75) is 23.9 Å². The van der Waals surface area contributed by atoms with Crippen molar-refractivity contribution >= 4 is 35.0 Å². The molecule has 9 heteroatoms. The number of aromatic nitrogens is 3. The molecule has 0 saturated carbocycles. The molecular weight excluding hydrogens is 385 g/mol. The molecule has 4 rings (SSSR count). The molecule has 27 heavy (non-hydrogen) atoms. The third kappa shape index (κ3) is 3.35. The van der Waals surface area contributed by atoms with E-state index in [0.29, 0.717) is 33.7 Å². The molecule has 0 spiro atoms. The molecule has 1 aromatic carbocycles. The number of fused-ring (bicyclic) bond motifs is 1. The van der Waals surface area contributed by atoms with Crippen LogP contribution < -0.4 is 11.1 Å². The van der Waals surface area contributed by atoms with Crippen LogP contribution in [-0.2, 0) is 10.5 Å². The molecular formula is C18H16FN5OS2. The summed E-state index contributed by atoms with van der Waals surface area (Å²) >= 11 is 2.86. The Balaban J connectivity index is 1.67. The van der Waals surface area contributed by atoms with E-state index < -0.39 is 11.9 Å². The first-order valence-corrected chi connectivity index (χ1v) is 10.0. The first kappa shape index (κ1) is 17.7. The van der Waals surface area contributed by atoms with Crippen molar-refractivity contribution in [2.75, 3.05) is 5.32 Å². The van der Waals surface area contributed by atoms with E-state index in [1.165, 1.54) is 29.2 Å². The van der Waals surface area contributed by atoms with Crippen molar-refractivity contribution in [2.24, 2.45) is 5.73 Å². The van der Waals surface area contributed by atoms with E-state index in [2.05, 4.69) is 15.4 Å². The quantitative estimate of drug-likeness (QED) is 0.639. The number of rotatable bonds is 5. The maximum Gasteiger partial charge on any atom is 0.248 e. The van der Waals surface area contributed by atoms with Gasteiger partial charge in [0.1, 0.15) is 11.9 Å². The highest BCUT2D eigenvalue weighted by molar-refractivity contribution is 7.98. The van der Waals surface area contributed by atoms with Crippen molar-refractivity contribution in [3.63, 3.8) is 0 Å². The van der Waals surface area contributed by atoms with Crippen LogP contribution in [0.1, 0.15) is 23.4 Å². The number of nitrogens with zero attached hydrogens (tertiary/aromatic N) is 3. The molecule has 3 heterocycles. The molecule has 138 valence electrons. The fraction of sp³-hybridized carbons (Fsp3) is 0.167. The number of thioether (sulfide) groups is 1. The van der Waals surface area contributed by atoms with Crippen LogP contribution in [0.3, 0.4) is 0 Å². The minimum absolute atomic E-state index is 0.253. The monoisotopic (exact) mass is 401 g/mol. The van der Waals surface area contributed by atoms with Crippen LogP contribution in [0.15, 0.2) is 58.2 Å². The minimum Gasteiger partial charge on any atom is -0.366 e. The zero-order valence-electron chi connectivity index (χ0n) is 14.3. The number of primary amides is 1. The number of anilines is 1. The summed E-state index contributed by atoms with van der Waals surface area (Å²) in [5.74, 6) is 0.193. The summed E-state index contributed by atoms with van der Waals surface area (Å²) in [5.41, 5.74) is 7.33. The van der Waals surface area contributed by atoms with Gasteiger partial charge in [-0.3, -0.25) is 4.79 Å². The Hall–Kier alpha value is -2.65. The first-order valence-electron chi connectivity index (χ1n) is 8.18. The van der Waals surface area contributed by atoms with Gasteiger partial charge in [0.2, 0.25) is 17.0 Å². The maximum atomic E-state index is 13.8.